The molecule has 7 heteroatoms. The molecule has 3 rings (SSSR count). The van der Waals surface area contributed by atoms with E-state index in [2.05, 4.69) is 15.2 Å². The van der Waals surface area contributed by atoms with Crippen molar-refractivity contribution in [1.82, 2.24) is 20.1 Å². The molecule has 148 valence electrons. The molecule has 1 atom stereocenters. The molecule has 2 amide bonds. The number of nitrogens with zero attached hydrogens (tertiary/aromatic N) is 3. The minimum atomic E-state index is 0.0168. The van der Waals surface area contributed by atoms with Gasteiger partial charge in [0.25, 0.3) is 5.91 Å². The molecular weight excluding hydrogens is 344 g/mol. The fourth-order valence-corrected chi connectivity index (χ4v) is 4.06. The highest BCUT2D eigenvalue weighted by Crippen LogP contribution is 2.24. The molecule has 2 fully saturated rings. The minimum absolute atomic E-state index is 0.0168. The molecule has 0 radical (unpaired) electrons. The number of pyridine rings is 1. The third-order valence-corrected chi connectivity index (χ3v) is 5.58. The van der Waals surface area contributed by atoms with Gasteiger partial charge in [-0.3, -0.25) is 19.5 Å². The topological polar surface area (TPSA) is 74.8 Å². The van der Waals surface area contributed by atoms with Crippen LogP contribution >= 0.6 is 0 Å². The van der Waals surface area contributed by atoms with Crippen molar-refractivity contribution < 1.29 is 14.3 Å². The first-order chi connectivity index (χ1) is 13.2. The molecule has 0 aliphatic carbocycles. The minimum Gasteiger partial charge on any atom is -0.383 e. The van der Waals surface area contributed by atoms with Crippen LogP contribution in [0, 0.1) is 5.92 Å². The molecule has 2 aliphatic rings. The Labute approximate surface area is 161 Å². The van der Waals surface area contributed by atoms with Gasteiger partial charge in [0.15, 0.2) is 0 Å². The second kappa shape index (κ2) is 9.80. The molecule has 1 N–H and O–H groups in total. The summed E-state index contributed by atoms with van der Waals surface area (Å²) in [5.41, 5.74) is 0.515. The highest BCUT2D eigenvalue weighted by atomic mass is 16.5. The van der Waals surface area contributed by atoms with Gasteiger partial charge < -0.3 is 15.0 Å². The maximum Gasteiger partial charge on any atom is 0.272 e. The average Bonchev–Trinajstić information content (AvgIpc) is 2.74. The van der Waals surface area contributed by atoms with E-state index in [-0.39, 0.29) is 17.7 Å². The monoisotopic (exact) mass is 374 g/mol. The summed E-state index contributed by atoms with van der Waals surface area (Å²) in [6, 6.07) is 5.89. The fourth-order valence-electron chi connectivity index (χ4n) is 4.06. The highest BCUT2D eigenvalue weighted by molar-refractivity contribution is 5.92. The van der Waals surface area contributed by atoms with E-state index < -0.39 is 0 Å². The van der Waals surface area contributed by atoms with Gasteiger partial charge in [-0.05, 0) is 44.4 Å². The number of likely N-dealkylation sites (tertiary alicyclic amines) is 2. The van der Waals surface area contributed by atoms with E-state index in [1.807, 2.05) is 17.0 Å². The number of rotatable bonds is 6. The molecule has 0 bridgehead atoms. The van der Waals surface area contributed by atoms with Gasteiger partial charge in [-0.2, -0.15) is 0 Å². The molecular formula is C20H30N4O3. The number of carbonyl (C=O) groups is 2. The zero-order valence-corrected chi connectivity index (χ0v) is 16.1. The first-order valence-corrected chi connectivity index (χ1v) is 9.90. The number of carbonyl (C=O) groups excluding carboxylic acids is 2. The Morgan fingerprint density at radius 1 is 1.22 bits per heavy atom. The van der Waals surface area contributed by atoms with Crippen LogP contribution in [-0.2, 0) is 9.53 Å². The molecule has 7 nitrogen and oxygen atoms in total. The Morgan fingerprint density at radius 3 is 2.74 bits per heavy atom. The number of piperidine rings is 2. The Bertz CT molecular complexity index is 617. The lowest BCUT2D eigenvalue weighted by Gasteiger charge is -2.42. The SMILES string of the molecule is COCCNC(=O)[C@@H]1CCCN(C2CCN(C(=O)c3ccccn3)CC2)C1. The van der Waals surface area contributed by atoms with Crippen LogP contribution in [0.25, 0.3) is 0 Å². The summed E-state index contributed by atoms with van der Waals surface area (Å²) in [6.45, 7) is 4.48. The van der Waals surface area contributed by atoms with Crippen molar-refractivity contribution >= 4 is 11.8 Å². The van der Waals surface area contributed by atoms with Gasteiger partial charge in [0, 0.05) is 45.5 Å². The van der Waals surface area contributed by atoms with E-state index in [0.29, 0.717) is 24.9 Å². The lowest BCUT2D eigenvalue weighted by Crippen LogP contribution is -2.51. The summed E-state index contributed by atoms with van der Waals surface area (Å²) in [5, 5.41) is 2.97. The first kappa shape index (κ1) is 19.8. The van der Waals surface area contributed by atoms with Crippen LogP contribution in [0.4, 0.5) is 0 Å². The summed E-state index contributed by atoms with van der Waals surface area (Å²) in [6.07, 6.45) is 5.57. The number of hydrogen-bond acceptors (Lipinski definition) is 5. The zero-order valence-electron chi connectivity index (χ0n) is 16.1. The van der Waals surface area contributed by atoms with E-state index in [0.717, 1.165) is 51.9 Å². The number of amides is 2. The highest BCUT2D eigenvalue weighted by Gasteiger charge is 2.32. The van der Waals surface area contributed by atoms with Crippen LogP contribution < -0.4 is 5.32 Å². The third kappa shape index (κ3) is 5.26. The maximum absolute atomic E-state index is 12.5. The Hall–Kier alpha value is -1.99. The van der Waals surface area contributed by atoms with Crippen molar-refractivity contribution in [3.63, 3.8) is 0 Å². The molecule has 0 unspecified atom stereocenters. The standard InChI is InChI=1S/C20H30N4O3/c1-27-14-10-22-19(25)16-5-4-11-24(15-16)17-7-12-23(13-8-17)20(26)18-6-2-3-9-21-18/h2-3,6,9,16-17H,4-5,7-8,10-15H2,1H3,(H,22,25)/t16-/m1/s1. The van der Waals surface area contributed by atoms with E-state index >= 15 is 0 Å². The predicted octanol–water partition coefficient (Wildman–Crippen LogP) is 1.16. The summed E-state index contributed by atoms with van der Waals surface area (Å²) in [5.74, 6) is 0.214. The van der Waals surface area contributed by atoms with Crippen molar-refractivity contribution in [2.24, 2.45) is 5.92 Å². The largest absolute Gasteiger partial charge is 0.383 e. The van der Waals surface area contributed by atoms with Crippen LogP contribution in [-0.4, -0.2) is 79.1 Å². The quantitative estimate of drug-likeness (QED) is 0.757. The van der Waals surface area contributed by atoms with Crippen molar-refractivity contribution in [3.05, 3.63) is 30.1 Å². The Kier molecular flexibility index (Phi) is 7.18. The van der Waals surface area contributed by atoms with E-state index in [1.54, 1.807) is 19.4 Å². The number of methoxy groups -OCH3 is 1. The van der Waals surface area contributed by atoms with Gasteiger partial charge in [0.1, 0.15) is 5.69 Å². The first-order valence-electron chi connectivity index (χ1n) is 9.90. The van der Waals surface area contributed by atoms with Crippen LogP contribution in [0.3, 0.4) is 0 Å². The van der Waals surface area contributed by atoms with Crippen molar-refractivity contribution in [2.75, 3.05) is 46.4 Å². The van der Waals surface area contributed by atoms with E-state index in [4.69, 9.17) is 4.74 Å². The second-order valence-corrected chi connectivity index (χ2v) is 7.36. The van der Waals surface area contributed by atoms with Gasteiger partial charge in [0.05, 0.1) is 12.5 Å². The molecule has 1 aromatic heterocycles. The second-order valence-electron chi connectivity index (χ2n) is 7.36. The number of ether oxygens (including phenoxy) is 1. The van der Waals surface area contributed by atoms with Crippen molar-refractivity contribution in [2.45, 2.75) is 31.7 Å². The summed E-state index contributed by atoms with van der Waals surface area (Å²) in [4.78, 5) is 33.4. The zero-order chi connectivity index (χ0) is 19.1. The molecule has 0 spiro atoms. The molecule has 27 heavy (non-hydrogen) atoms. The van der Waals surface area contributed by atoms with Gasteiger partial charge in [0.2, 0.25) is 5.91 Å². The summed E-state index contributed by atoms with van der Waals surface area (Å²) < 4.78 is 5.00. The number of aromatic nitrogens is 1. The Balaban J connectivity index is 1.47. The summed E-state index contributed by atoms with van der Waals surface area (Å²) >= 11 is 0. The van der Waals surface area contributed by atoms with Gasteiger partial charge in [-0.1, -0.05) is 6.07 Å². The summed E-state index contributed by atoms with van der Waals surface area (Å²) in [7, 11) is 1.64. The lowest BCUT2D eigenvalue weighted by atomic mass is 9.93. The number of nitrogens with one attached hydrogen (secondary N) is 1. The van der Waals surface area contributed by atoms with Gasteiger partial charge in [-0.25, -0.2) is 0 Å². The van der Waals surface area contributed by atoms with E-state index in [9.17, 15) is 9.59 Å². The van der Waals surface area contributed by atoms with Crippen LogP contribution in [0.1, 0.15) is 36.2 Å². The average molecular weight is 374 g/mol. The molecule has 3 heterocycles. The molecule has 2 aliphatic heterocycles. The normalized spacial score (nSPS) is 21.8. The Morgan fingerprint density at radius 2 is 2.04 bits per heavy atom. The van der Waals surface area contributed by atoms with Crippen LogP contribution in [0.5, 0.6) is 0 Å². The maximum atomic E-state index is 12.5. The predicted molar refractivity (Wildman–Crippen MR) is 102 cm³/mol. The van der Waals surface area contributed by atoms with Gasteiger partial charge >= 0.3 is 0 Å². The molecule has 1 aromatic rings. The third-order valence-electron chi connectivity index (χ3n) is 5.58. The van der Waals surface area contributed by atoms with Gasteiger partial charge in [-0.15, -0.1) is 0 Å². The van der Waals surface area contributed by atoms with Crippen LogP contribution in [0.15, 0.2) is 24.4 Å². The molecule has 0 saturated carbocycles. The van der Waals surface area contributed by atoms with Crippen LogP contribution in [0.2, 0.25) is 0 Å². The fraction of sp³-hybridized carbons (Fsp3) is 0.650. The van der Waals surface area contributed by atoms with E-state index in [1.165, 1.54) is 0 Å². The smallest absolute Gasteiger partial charge is 0.272 e. The number of hydrogen-bond donors (Lipinski definition) is 1. The molecule has 0 aromatic carbocycles. The lowest BCUT2D eigenvalue weighted by molar-refractivity contribution is -0.127. The van der Waals surface area contributed by atoms with Crippen molar-refractivity contribution in [3.8, 4) is 0 Å². The van der Waals surface area contributed by atoms with Crippen molar-refractivity contribution in [1.29, 1.82) is 0 Å². The molecule has 2 saturated heterocycles.